The lowest BCUT2D eigenvalue weighted by Gasteiger charge is -2.49. The van der Waals surface area contributed by atoms with Gasteiger partial charge in [-0.05, 0) is 43.2 Å². The van der Waals surface area contributed by atoms with Crippen molar-refractivity contribution in [3.63, 3.8) is 0 Å². The second-order valence-corrected chi connectivity index (χ2v) is 6.72. The lowest BCUT2D eigenvalue weighted by atomic mass is 9.86. The largest absolute Gasteiger partial charge is 0.448 e. The fraction of sp³-hybridized carbons (Fsp3) is 0.389. The van der Waals surface area contributed by atoms with E-state index in [1.807, 2.05) is 0 Å². The Bertz CT molecular complexity index is 943. The van der Waals surface area contributed by atoms with Gasteiger partial charge in [0.2, 0.25) is 6.23 Å². The predicted octanol–water partition coefficient (Wildman–Crippen LogP) is 1.99. The van der Waals surface area contributed by atoms with Gasteiger partial charge in [-0.3, -0.25) is 9.59 Å². The van der Waals surface area contributed by atoms with Crippen molar-refractivity contribution in [3.05, 3.63) is 58.0 Å². The highest BCUT2D eigenvalue weighted by molar-refractivity contribution is 5.96. The quantitative estimate of drug-likeness (QED) is 0.253. The summed E-state index contributed by atoms with van der Waals surface area (Å²) < 4.78 is 5.08. The van der Waals surface area contributed by atoms with Crippen LogP contribution in [0.25, 0.3) is 10.4 Å². The van der Waals surface area contributed by atoms with Gasteiger partial charge in [0, 0.05) is 10.5 Å². The molecule has 5 rings (SSSR count). The van der Waals surface area contributed by atoms with Crippen LogP contribution in [0.1, 0.15) is 24.2 Å². The number of ether oxygens (including phenoxy) is 1. The summed E-state index contributed by atoms with van der Waals surface area (Å²) in [5.74, 6) is -0.991. The lowest BCUT2D eigenvalue weighted by Crippen LogP contribution is -2.74. The monoisotopic (exact) mass is 398 g/mol. The number of hydrogen-bond acceptors (Lipinski definition) is 6. The first kappa shape index (κ1) is 18.8. The number of carbonyl (C=O) groups excluding carboxylic acids is 3. The van der Waals surface area contributed by atoms with Crippen LogP contribution in [0.5, 0.6) is 0 Å². The number of β-lactam (4-membered cyclic amide) rings is 1. The number of azide groups is 1. The average molecular weight is 398 g/mol. The summed E-state index contributed by atoms with van der Waals surface area (Å²) in [4.78, 5) is 47.0. The van der Waals surface area contributed by atoms with E-state index in [9.17, 15) is 14.4 Å². The molecule has 11 heteroatoms. The summed E-state index contributed by atoms with van der Waals surface area (Å²) in [6.45, 7) is 3.50. The molecule has 150 valence electrons. The lowest BCUT2D eigenvalue weighted by molar-refractivity contribution is -0.211. The Kier molecular flexibility index (Phi) is 4.61. The standard InChI is InChI=1S/C18H18N6O5/c1-3-28-18(27)22-12-9-10(2)14(15-13(20-21-19)17(26)23(15)22)24(29-12)16(25)11-7-5-4-6-8-11/h4-9,12-15H,3H2,1-2H3/t12-,13-,14+,15-/m1/s1. The molecule has 2 saturated heterocycles. The summed E-state index contributed by atoms with van der Waals surface area (Å²) in [6.07, 6.45) is -0.206. The molecule has 0 N–H and O–H groups in total. The SMILES string of the molecule is CCOC(=O)N1[C@H]2C=C(C)[C@@H]([C@H]3[C@@H](N=[N+]=[N-])C(=O)N31)N(C(=O)c1ccccc1)O2. The molecule has 11 nitrogen and oxygen atoms in total. The van der Waals surface area contributed by atoms with E-state index < -0.39 is 42.3 Å². The highest BCUT2D eigenvalue weighted by atomic mass is 16.7. The first-order valence-corrected chi connectivity index (χ1v) is 9.06. The molecular weight excluding hydrogens is 380 g/mol. The van der Waals surface area contributed by atoms with Crippen molar-refractivity contribution >= 4 is 17.9 Å². The summed E-state index contributed by atoms with van der Waals surface area (Å²) >= 11 is 0. The zero-order valence-electron chi connectivity index (χ0n) is 15.7. The number of fused-ring (bicyclic) bond motifs is 1. The van der Waals surface area contributed by atoms with Crippen LogP contribution in [0.3, 0.4) is 0 Å². The van der Waals surface area contributed by atoms with Crippen LogP contribution in [0, 0.1) is 0 Å². The van der Waals surface area contributed by atoms with E-state index in [2.05, 4.69) is 10.0 Å². The molecule has 1 aromatic carbocycles. The van der Waals surface area contributed by atoms with E-state index >= 15 is 0 Å². The Hall–Kier alpha value is -3.56. The summed E-state index contributed by atoms with van der Waals surface area (Å²) in [5, 5.41) is 6.93. The van der Waals surface area contributed by atoms with Gasteiger partial charge in [0.15, 0.2) is 0 Å². The second-order valence-electron chi connectivity index (χ2n) is 6.72. The van der Waals surface area contributed by atoms with Gasteiger partial charge in [-0.15, -0.1) is 0 Å². The van der Waals surface area contributed by atoms with Gasteiger partial charge in [-0.2, -0.15) is 5.01 Å². The van der Waals surface area contributed by atoms with Crippen molar-refractivity contribution < 1.29 is 24.0 Å². The molecule has 2 fully saturated rings. The van der Waals surface area contributed by atoms with Crippen molar-refractivity contribution in [2.75, 3.05) is 6.61 Å². The van der Waals surface area contributed by atoms with E-state index in [0.29, 0.717) is 11.1 Å². The van der Waals surface area contributed by atoms with Crippen LogP contribution in [-0.4, -0.2) is 63.9 Å². The molecule has 4 aliphatic heterocycles. The van der Waals surface area contributed by atoms with Crippen molar-refractivity contribution in [3.8, 4) is 0 Å². The Morgan fingerprint density at radius 3 is 2.69 bits per heavy atom. The number of nitrogens with zero attached hydrogens (tertiary/aromatic N) is 6. The van der Waals surface area contributed by atoms with Crippen LogP contribution in [0.15, 0.2) is 47.1 Å². The first-order valence-electron chi connectivity index (χ1n) is 9.06. The number of carbonyl (C=O) groups is 3. The van der Waals surface area contributed by atoms with Crippen LogP contribution in [0.4, 0.5) is 4.79 Å². The van der Waals surface area contributed by atoms with Crippen LogP contribution in [0.2, 0.25) is 0 Å². The third kappa shape index (κ3) is 2.79. The van der Waals surface area contributed by atoms with E-state index in [0.717, 1.165) is 15.1 Å². The van der Waals surface area contributed by atoms with Crippen molar-refractivity contribution in [1.29, 1.82) is 0 Å². The normalized spacial score (nSPS) is 27.3. The van der Waals surface area contributed by atoms with Crippen LogP contribution < -0.4 is 0 Å². The minimum atomic E-state index is -1.07. The molecule has 0 unspecified atom stereocenters. The van der Waals surface area contributed by atoms with Gasteiger partial charge in [0.05, 0.1) is 12.6 Å². The Morgan fingerprint density at radius 1 is 1.31 bits per heavy atom. The highest BCUT2D eigenvalue weighted by Gasteiger charge is 2.62. The molecule has 1 aromatic rings. The smallest absolute Gasteiger partial charge is 0.431 e. The van der Waals surface area contributed by atoms with Crippen molar-refractivity contribution in [2.45, 2.75) is 38.2 Å². The van der Waals surface area contributed by atoms with E-state index in [4.69, 9.17) is 15.1 Å². The van der Waals surface area contributed by atoms with Crippen LogP contribution >= 0.6 is 0 Å². The maximum absolute atomic E-state index is 13.1. The molecule has 0 aliphatic carbocycles. The summed E-state index contributed by atoms with van der Waals surface area (Å²) in [7, 11) is 0. The first-order chi connectivity index (χ1) is 14.0. The number of rotatable bonds is 3. The molecular formula is C18H18N6O5. The fourth-order valence-electron chi connectivity index (χ4n) is 3.84. The van der Waals surface area contributed by atoms with E-state index in [1.165, 1.54) is 0 Å². The minimum absolute atomic E-state index is 0.0906. The van der Waals surface area contributed by atoms with Gasteiger partial charge >= 0.3 is 6.09 Å². The molecule has 2 bridgehead atoms. The number of hydrazine groups is 1. The van der Waals surface area contributed by atoms with Gasteiger partial charge in [-0.25, -0.2) is 19.7 Å². The second kappa shape index (κ2) is 7.12. The molecule has 3 amide bonds. The molecule has 4 aliphatic rings. The fourth-order valence-corrected chi connectivity index (χ4v) is 3.84. The Labute approximate surface area is 165 Å². The molecule has 0 saturated carbocycles. The molecule has 4 heterocycles. The Balaban J connectivity index is 1.79. The van der Waals surface area contributed by atoms with Crippen molar-refractivity contribution in [1.82, 2.24) is 15.1 Å². The maximum atomic E-state index is 13.1. The Morgan fingerprint density at radius 2 is 2.03 bits per heavy atom. The molecule has 0 spiro atoms. The van der Waals surface area contributed by atoms with Gasteiger partial charge < -0.3 is 4.74 Å². The van der Waals surface area contributed by atoms with Gasteiger partial charge in [0.1, 0.15) is 12.1 Å². The third-order valence-corrected chi connectivity index (χ3v) is 5.08. The topological polar surface area (TPSA) is 128 Å². The summed E-state index contributed by atoms with van der Waals surface area (Å²) in [6, 6.07) is 5.91. The molecule has 0 radical (unpaired) electrons. The maximum Gasteiger partial charge on any atom is 0.431 e. The van der Waals surface area contributed by atoms with E-state index in [-0.39, 0.29) is 6.61 Å². The molecule has 4 atom stereocenters. The van der Waals surface area contributed by atoms with Crippen LogP contribution in [-0.2, 0) is 14.4 Å². The number of hydroxylamine groups is 2. The van der Waals surface area contributed by atoms with Gasteiger partial charge in [0.25, 0.3) is 11.8 Å². The summed E-state index contributed by atoms with van der Waals surface area (Å²) in [5.41, 5.74) is 9.97. The number of hydrogen-bond donors (Lipinski definition) is 0. The van der Waals surface area contributed by atoms with Crippen molar-refractivity contribution in [2.24, 2.45) is 5.11 Å². The van der Waals surface area contributed by atoms with Gasteiger partial charge in [-0.1, -0.05) is 23.3 Å². The predicted molar refractivity (Wildman–Crippen MR) is 97.5 cm³/mol. The van der Waals surface area contributed by atoms with E-state index in [1.54, 1.807) is 50.3 Å². The third-order valence-electron chi connectivity index (χ3n) is 5.08. The zero-order valence-corrected chi connectivity index (χ0v) is 15.7. The molecule has 0 aromatic heterocycles. The molecule has 29 heavy (non-hydrogen) atoms. The minimum Gasteiger partial charge on any atom is -0.448 e. The average Bonchev–Trinajstić information content (AvgIpc) is 2.92. The number of amides is 3. The zero-order chi connectivity index (χ0) is 20.7. The number of benzene rings is 1. The highest BCUT2D eigenvalue weighted by Crippen LogP contribution is 2.42.